The van der Waals surface area contributed by atoms with Gasteiger partial charge in [-0.1, -0.05) is 19.3 Å². The van der Waals surface area contributed by atoms with Crippen molar-refractivity contribution in [3.05, 3.63) is 0 Å². The average Bonchev–Trinajstić information content (AvgIpc) is 2.17. The number of methoxy groups -OCH3 is 1. The highest BCUT2D eigenvalue weighted by atomic mass is 16.5. The van der Waals surface area contributed by atoms with Crippen molar-refractivity contribution in [2.75, 3.05) is 13.7 Å². The smallest absolute Gasteiger partial charge is 0.0780 e. The first-order chi connectivity index (χ1) is 6.61. The van der Waals surface area contributed by atoms with Crippen LogP contribution in [0.4, 0.5) is 0 Å². The first-order valence-corrected chi connectivity index (χ1v) is 5.89. The number of rotatable bonds is 2. The van der Waals surface area contributed by atoms with Gasteiger partial charge in [-0.05, 0) is 26.7 Å². The van der Waals surface area contributed by atoms with Crippen LogP contribution in [0.2, 0.25) is 0 Å². The van der Waals surface area contributed by atoms with Crippen molar-refractivity contribution in [3.63, 3.8) is 0 Å². The number of ether oxygens (including phenoxy) is 1. The molecule has 1 aliphatic carbocycles. The maximum Gasteiger partial charge on any atom is 0.0780 e. The van der Waals surface area contributed by atoms with E-state index < -0.39 is 0 Å². The summed E-state index contributed by atoms with van der Waals surface area (Å²) in [6.07, 6.45) is 7.06. The van der Waals surface area contributed by atoms with Gasteiger partial charge in [-0.2, -0.15) is 0 Å². The standard InChI is InChI=1S/C12H23NO/c1-11(2,14-3)10-12(9-13-10)7-5-4-6-8-12/h10,13H,4-9H2,1-3H3. The van der Waals surface area contributed by atoms with E-state index in [0.717, 1.165) is 0 Å². The van der Waals surface area contributed by atoms with E-state index in [1.807, 2.05) is 7.11 Å². The molecule has 2 heteroatoms. The molecule has 1 aliphatic heterocycles. The molecule has 1 N–H and O–H groups in total. The minimum Gasteiger partial charge on any atom is -0.377 e. The molecule has 1 heterocycles. The zero-order valence-electron chi connectivity index (χ0n) is 9.73. The van der Waals surface area contributed by atoms with Crippen LogP contribution in [0.15, 0.2) is 0 Å². The van der Waals surface area contributed by atoms with Crippen LogP contribution in [-0.2, 0) is 4.74 Å². The fourth-order valence-electron chi connectivity index (χ4n) is 3.32. The van der Waals surface area contributed by atoms with Crippen molar-refractivity contribution >= 4 is 0 Å². The molecule has 2 aliphatic rings. The molecule has 1 atom stereocenters. The zero-order chi connectivity index (χ0) is 10.2. The molecule has 0 amide bonds. The van der Waals surface area contributed by atoms with Crippen molar-refractivity contribution in [2.45, 2.75) is 57.6 Å². The lowest BCUT2D eigenvalue weighted by molar-refractivity contribution is -0.107. The third-order valence-corrected chi connectivity index (χ3v) is 4.34. The van der Waals surface area contributed by atoms with E-state index >= 15 is 0 Å². The molecular weight excluding hydrogens is 174 g/mol. The summed E-state index contributed by atoms with van der Waals surface area (Å²) in [5.74, 6) is 0. The molecule has 1 spiro atoms. The van der Waals surface area contributed by atoms with E-state index in [4.69, 9.17) is 4.74 Å². The number of nitrogens with one attached hydrogen (secondary N) is 1. The zero-order valence-corrected chi connectivity index (χ0v) is 9.73. The highest BCUT2D eigenvalue weighted by molar-refractivity contribution is 5.09. The molecule has 82 valence electrons. The van der Waals surface area contributed by atoms with E-state index in [2.05, 4.69) is 19.2 Å². The maximum absolute atomic E-state index is 5.61. The lowest BCUT2D eigenvalue weighted by Crippen LogP contribution is -2.71. The molecule has 1 saturated carbocycles. The van der Waals surface area contributed by atoms with Crippen LogP contribution in [0, 0.1) is 5.41 Å². The van der Waals surface area contributed by atoms with Gasteiger partial charge in [0.1, 0.15) is 0 Å². The van der Waals surface area contributed by atoms with Gasteiger partial charge in [0.25, 0.3) is 0 Å². The predicted molar refractivity (Wildman–Crippen MR) is 58.4 cm³/mol. The Hall–Kier alpha value is -0.0800. The molecule has 0 aromatic carbocycles. The van der Waals surface area contributed by atoms with Gasteiger partial charge in [-0.3, -0.25) is 0 Å². The fraction of sp³-hybridized carbons (Fsp3) is 1.00. The molecule has 0 radical (unpaired) electrons. The first kappa shape index (κ1) is 10.4. The van der Waals surface area contributed by atoms with Gasteiger partial charge in [-0.15, -0.1) is 0 Å². The third-order valence-electron chi connectivity index (χ3n) is 4.34. The molecular formula is C12H23NO. The summed E-state index contributed by atoms with van der Waals surface area (Å²) in [7, 11) is 1.83. The van der Waals surface area contributed by atoms with Crippen molar-refractivity contribution in [1.29, 1.82) is 0 Å². The summed E-state index contributed by atoms with van der Waals surface area (Å²) in [6.45, 7) is 5.63. The average molecular weight is 197 g/mol. The van der Waals surface area contributed by atoms with Crippen LogP contribution in [0.5, 0.6) is 0 Å². The van der Waals surface area contributed by atoms with Crippen LogP contribution in [0.3, 0.4) is 0 Å². The van der Waals surface area contributed by atoms with Gasteiger partial charge < -0.3 is 10.1 Å². The van der Waals surface area contributed by atoms with E-state index in [0.29, 0.717) is 11.5 Å². The molecule has 0 bridgehead atoms. The van der Waals surface area contributed by atoms with Crippen LogP contribution in [0.1, 0.15) is 46.0 Å². The molecule has 1 saturated heterocycles. The Bertz CT molecular complexity index is 206. The van der Waals surface area contributed by atoms with Crippen LogP contribution in [0.25, 0.3) is 0 Å². The van der Waals surface area contributed by atoms with Gasteiger partial charge >= 0.3 is 0 Å². The largest absolute Gasteiger partial charge is 0.377 e. The first-order valence-electron chi connectivity index (χ1n) is 5.89. The molecule has 1 unspecified atom stereocenters. The SMILES string of the molecule is COC(C)(C)C1NCC12CCCCC2. The summed E-state index contributed by atoms with van der Waals surface area (Å²) in [5.41, 5.74) is 0.563. The second-order valence-electron chi connectivity index (χ2n) is 5.54. The fourth-order valence-corrected chi connectivity index (χ4v) is 3.32. The summed E-state index contributed by atoms with van der Waals surface area (Å²) >= 11 is 0. The van der Waals surface area contributed by atoms with E-state index in [1.165, 1.54) is 38.6 Å². The summed E-state index contributed by atoms with van der Waals surface area (Å²) < 4.78 is 5.61. The Morgan fingerprint density at radius 2 is 1.86 bits per heavy atom. The minimum absolute atomic E-state index is 0.00438. The minimum atomic E-state index is -0.00438. The number of hydrogen-bond acceptors (Lipinski definition) is 2. The quantitative estimate of drug-likeness (QED) is 0.733. The van der Waals surface area contributed by atoms with Crippen molar-refractivity contribution in [1.82, 2.24) is 5.32 Å². The van der Waals surface area contributed by atoms with Crippen molar-refractivity contribution in [3.8, 4) is 0 Å². The van der Waals surface area contributed by atoms with Gasteiger partial charge in [0.05, 0.1) is 5.60 Å². The second-order valence-corrected chi connectivity index (χ2v) is 5.54. The monoisotopic (exact) mass is 197 g/mol. The molecule has 14 heavy (non-hydrogen) atoms. The Kier molecular flexibility index (Phi) is 2.61. The predicted octanol–water partition coefficient (Wildman–Crippen LogP) is 2.33. The van der Waals surface area contributed by atoms with Gasteiger partial charge in [0, 0.05) is 25.1 Å². The highest BCUT2D eigenvalue weighted by Gasteiger charge is 2.53. The lowest BCUT2D eigenvalue weighted by Gasteiger charge is -2.58. The normalized spacial score (nSPS) is 31.5. The molecule has 0 aromatic rings. The molecule has 2 rings (SSSR count). The maximum atomic E-state index is 5.61. The summed E-state index contributed by atoms with van der Waals surface area (Å²) in [6, 6.07) is 0.570. The Morgan fingerprint density at radius 1 is 1.21 bits per heavy atom. The Balaban J connectivity index is 2.07. The van der Waals surface area contributed by atoms with E-state index in [1.54, 1.807) is 0 Å². The van der Waals surface area contributed by atoms with Crippen LogP contribution >= 0.6 is 0 Å². The third kappa shape index (κ3) is 1.49. The lowest BCUT2D eigenvalue weighted by atomic mass is 9.60. The molecule has 2 fully saturated rings. The molecule has 0 aromatic heterocycles. The van der Waals surface area contributed by atoms with E-state index in [9.17, 15) is 0 Å². The topological polar surface area (TPSA) is 21.3 Å². The summed E-state index contributed by atoms with van der Waals surface area (Å²) in [4.78, 5) is 0. The second kappa shape index (κ2) is 3.49. The Morgan fingerprint density at radius 3 is 2.29 bits per heavy atom. The van der Waals surface area contributed by atoms with Gasteiger partial charge in [0.15, 0.2) is 0 Å². The Labute approximate surface area is 87.4 Å². The highest BCUT2D eigenvalue weighted by Crippen LogP contribution is 2.47. The van der Waals surface area contributed by atoms with Crippen LogP contribution in [-0.4, -0.2) is 25.3 Å². The van der Waals surface area contributed by atoms with Gasteiger partial charge in [0.2, 0.25) is 0 Å². The molecule has 2 nitrogen and oxygen atoms in total. The van der Waals surface area contributed by atoms with Crippen LogP contribution < -0.4 is 5.32 Å². The van der Waals surface area contributed by atoms with E-state index in [-0.39, 0.29) is 5.60 Å². The van der Waals surface area contributed by atoms with Crippen molar-refractivity contribution in [2.24, 2.45) is 5.41 Å². The summed E-state index contributed by atoms with van der Waals surface area (Å²) in [5, 5.41) is 3.57. The van der Waals surface area contributed by atoms with Crippen molar-refractivity contribution < 1.29 is 4.74 Å². The number of hydrogen-bond donors (Lipinski definition) is 1. The van der Waals surface area contributed by atoms with Gasteiger partial charge in [-0.25, -0.2) is 0 Å².